The highest BCUT2D eigenvalue weighted by Gasteiger charge is 2.29. The number of aryl methyl sites for hydroxylation is 1. The molecule has 0 fully saturated rings. The van der Waals surface area contributed by atoms with Crippen LogP contribution in [0.4, 0.5) is 0 Å². The van der Waals surface area contributed by atoms with Gasteiger partial charge < -0.3 is 15.0 Å². The minimum atomic E-state index is -0.592. The van der Waals surface area contributed by atoms with Gasteiger partial charge in [-0.15, -0.1) is 0 Å². The Balaban J connectivity index is 2.22. The maximum atomic E-state index is 13.1. The van der Waals surface area contributed by atoms with Gasteiger partial charge in [0.1, 0.15) is 11.8 Å². The summed E-state index contributed by atoms with van der Waals surface area (Å²) in [6.07, 6.45) is 0.495. The molecule has 1 atom stereocenters. The number of carbonyl (C=O) groups excluding carboxylic acids is 2. The van der Waals surface area contributed by atoms with Crippen molar-refractivity contribution in [3.8, 4) is 5.75 Å². The average molecular weight is 496 g/mol. The first-order chi connectivity index (χ1) is 14.2. The fourth-order valence-corrected chi connectivity index (χ4v) is 3.73. The summed E-state index contributed by atoms with van der Waals surface area (Å²) in [5, 5.41) is 3.32. The van der Waals surface area contributed by atoms with Crippen LogP contribution < -0.4 is 10.1 Å². The summed E-state index contributed by atoms with van der Waals surface area (Å²) >= 11 is 9.54. The molecule has 0 heterocycles. The molecule has 0 aliphatic carbocycles. The molecule has 5 nitrogen and oxygen atoms in total. The van der Waals surface area contributed by atoms with E-state index in [0.29, 0.717) is 23.7 Å². The lowest BCUT2D eigenvalue weighted by molar-refractivity contribution is -0.143. The number of nitrogens with one attached hydrogen (secondary N) is 1. The molecule has 1 N–H and O–H groups in total. The highest BCUT2D eigenvalue weighted by molar-refractivity contribution is 9.10. The van der Waals surface area contributed by atoms with Gasteiger partial charge in [0.15, 0.2) is 6.61 Å². The van der Waals surface area contributed by atoms with E-state index in [0.717, 1.165) is 15.6 Å². The van der Waals surface area contributed by atoms with Crippen LogP contribution in [0.15, 0.2) is 46.9 Å². The number of nitrogens with zero attached hydrogens (tertiary/aromatic N) is 1. The van der Waals surface area contributed by atoms with E-state index in [1.807, 2.05) is 52.0 Å². The first-order valence-corrected chi connectivity index (χ1v) is 11.1. The van der Waals surface area contributed by atoms with Crippen molar-refractivity contribution in [3.05, 3.63) is 63.1 Å². The van der Waals surface area contributed by atoms with Crippen molar-refractivity contribution in [3.63, 3.8) is 0 Å². The molecule has 0 bridgehead atoms. The van der Waals surface area contributed by atoms with E-state index in [1.54, 1.807) is 23.1 Å². The first kappa shape index (κ1) is 24.2. The van der Waals surface area contributed by atoms with Crippen molar-refractivity contribution in [1.82, 2.24) is 10.2 Å². The van der Waals surface area contributed by atoms with Gasteiger partial charge in [-0.3, -0.25) is 9.59 Å². The molecule has 1 unspecified atom stereocenters. The Morgan fingerprint density at radius 1 is 1.17 bits per heavy atom. The molecule has 162 valence electrons. The Bertz CT molecular complexity index is 871. The predicted octanol–water partition coefficient (Wildman–Crippen LogP) is 5.12. The summed E-state index contributed by atoms with van der Waals surface area (Å²) in [7, 11) is 0. The third-order valence-electron chi connectivity index (χ3n) is 4.54. The maximum absolute atomic E-state index is 13.1. The molecular weight excluding hydrogens is 468 g/mol. The highest BCUT2D eigenvalue weighted by atomic mass is 79.9. The number of halogens is 2. The summed E-state index contributed by atoms with van der Waals surface area (Å²) in [5.41, 5.74) is 2.08. The standard InChI is InChI=1S/C23H28BrClN2O3/c1-5-20(23(29)26-15(2)3)27(13-17-8-6-16(4)7-9-17)22(28)14-30-21-11-10-18(24)12-19(21)25/h6-12,15,20H,5,13-14H2,1-4H3,(H,26,29). The topological polar surface area (TPSA) is 58.6 Å². The summed E-state index contributed by atoms with van der Waals surface area (Å²) < 4.78 is 6.49. The lowest BCUT2D eigenvalue weighted by Crippen LogP contribution is -2.51. The number of rotatable bonds is 9. The quantitative estimate of drug-likeness (QED) is 0.525. The van der Waals surface area contributed by atoms with Crippen LogP contribution in [0.1, 0.15) is 38.3 Å². The molecule has 2 rings (SSSR count). The highest BCUT2D eigenvalue weighted by Crippen LogP contribution is 2.28. The van der Waals surface area contributed by atoms with Gasteiger partial charge in [0.2, 0.25) is 5.91 Å². The lowest BCUT2D eigenvalue weighted by atomic mass is 10.1. The summed E-state index contributed by atoms with van der Waals surface area (Å²) in [6.45, 7) is 7.81. The van der Waals surface area contributed by atoms with Crippen molar-refractivity contribution < 1.29 is 14.3 Å². The van der Waals surface area contributed by atoms with Crippen LogP contribution in [-0.2, 0) is 16.1 Å². The van der Waals surface area contributed by atoms with Crippen molar-refractivity contribution in [2.24, 2.45) is 0 Å². The van der Waals surface area contributed by atoms with Crippen LogP contribution in [0.5, 0.6) is 5.75 Å². The molecule has 2 amide bonds. The largest absolute Gasteiger partial charge is 0.482 e. The molecule has 0 aliphatic heterocycles. The second kappa shape index (κ2) is 11.4. The maximum Gasteiger partial charge on any atom is 0.261 e. The molecule has 7 heteroatoms. The average Bonchev–Trinajstić information content (AvgIpc) is 2.68. The molecule has 30 heavy (non-hydrogen) atoms. The van der Waals surface area contributed by atoms with Crippen LogP contribution in [-0.4, -0.2) is 35.4 Å². The van der Waals surface area contributed by atoms with Crippen LogP contribution in [0.2, 0.25) is 5.02 Å². The summed E-state index contributed by atoms with van der Waals surface area (Å²) in [6, 6.07) is 12.5. The predicted molar refractivity (Wildman–Crippen MR) is 124 cm³/mol. The van der Waals surface area contributed by atoms with Gasteiger partial charge in [-0.1, -0.05) is 64.3 Å². The van der Waals surface area contributed by atoms with Gasteiger partial charge in [-0.2, -0.15) is 0 Å². The zero-order chi connectivity index (χ0) is 22.3. The molecule has 0 radical (unpaired) electrons. The van der Waals surface area contributed by atoms with Crippen molar-refractivity contribution in [1.29, 1.82) is 0 Å². The van der Waals surface area contributed by atoms with Gasteiger partial charge in [0, 0.05) is 17.1 Å². The third-order valence-corrected chi connectivity index (χ3v) is 5.32. The van der Waals surface area contributed by atoms with Crippen LogP contribution in [0, 0.1) is 6.92 Å². The molecule has 2 aromatic rings. The van der Waals surface area contributed by atoms with Crippen LogP contribution >= 0.6 is 27.5 Å². The van der Waals surface area contributed by atoms with E-state index >= 15 is 0 Å². The molecule has 2 aromatic carbocycles. The number of ether oxygens (including phenoxy) is 1. The fraction of sp³-hybridized carbons (Fsp3) is 0.391. The zero-order valence-corrected chi connectivity index (χ0v) is 20.1. The van der Waals surface area contributed by atoms with E-state index < -0.39 is 6.04 Å². The van der Waals surface area contributed by atoms with Gasteiger partial charge in [-0.25, -0.2) is 0 Å². The van der Waals surface area contributed by atoms with Crippen molar-refractivity contribution >= 4 is 39.3 Å². The lowest BCUT2D eigenvalue weighted by Gasteiger charge is -2.31. The second-order valence-corrected chi connectivity index (χ2v) is 8.78. The Kier molecular flexibility index (Phi) is 9.18. The Hall–Kier alpha value is -2.05. The van der Waals surface area contributed by atoms with E-state index in [-0.39, 0.29) is 24.5 Å². The molecule has 0 saturated carbocycles. The van der Waals surface area contributed by atoms with Gasteiger partial charge in [-0.05, 0) is 51.0 Å². The van der Waals surface area contributed by atoms with Gasteiger partial charge in [0.25, 0.3) is 5.91 Å². The summed E-state index contributed by atoms with van der Waals surface area (Å²) in [4.78, 5) is 27.5. The number of benzene rings is 2. The second-order valence-electron chi connectivity index (χ2n) is 7.46. The number of carbonyl (C=O) groups is 2. The monoisotopic (exact) mass is 494 g/mol. The van der Waals surface area contributed by atoms with E-state index in [4.69, 9.17) is 16.3 Å². The minimum Gasteiger partial charge on any atom is -0.482 e. The van der Waals surface area contributed by atoms with Crippen LogP contribution in [0.25, 0.3) is 0 Å². The fourth-order valence-electron chi connectivity index (χ4n) is 3.01. The Labute approximate surface area is 191 Å². The number of hydrogen-bond acceptors (Lipinski definition) is 3. The van der Waals surface area contributed by atoms with Crippen molar-refractivity contribution in [2.75, 3.05) is 6.61 Å². The minimum absolute atomic E-state index is 0.0132. The molecule has 0 aliphatic rings. The van der Waals surface area contributed by atoms with Gasteiger partial charge in [0.05, 0.1) is 5.02 Å². The molecular formula is C23H28BrClN2O3. The van der Waals surface area contributed by atoms with Gasteiger partial charge >= 0.3 is 0 Å². The molecule has 0 spiro atoms. The third kappa shape index (κ3) is 7.03. The Morgan fingerprint density at radius 3 is 2.40 bits per heavy atom. The SMILES string of the molecule is CCC(C(=O)NC(C)C)N(Cc1ccc(C)cc1)C(=O)COc1ccc(Br)cc1Cl. The van der Waals surface area contributed by atoms with E-state index in [9.17, 15) is 9.59 Å². The van der Waals surface area contributed by atoms with E-state index in [2.05, 4.69) is 21.2 Å². The van der Waals surface area contributed by atoms with Crippen LogP contribution in [0.3, 0.4) is 0 Å². The number of amides is 2. The Morgan fingerprint density at radius 2 is 1.83 bits per heavy atom. The first-order valence-electron chi connectivity index (χ1n) is 9.94. The van der Waals surface area contributed by atoms with Crippen molar-refractivity contribution in [2.45, 2.75) is 52.7 Å². The molecule has 0 saturated heterocycles. The molecule has 0 aromatic heterocycles. The van der Waals surface area contributed by atoms with E-state index in [1.165, 1.54) is 0 Å². The zero-order valence-electron chi connectivity index (χ0n) is 17.7. The number of hydrogen-bond donors (Lipinski definition) is 1. The summed E-state index contributed by atoms with van der Waals surface area (Å²) in [5.74, 6) is -0.0295. The normalized spacial score (nSPS) is 11.8. The smallest absolute Gasteiger partial charge is 0.261 e.